The van der Waals surface area contributed by atoms with Gasteiger partial charge in [0.25, 0.3) is 0 Å². The Bertz CT molecular complexity index is 1010. The zero-order valence-corrected chi connectivity index (χ0v) is 18.7. The van der Waals surface area contributed by atoms with Crippen molar-refractivity contribution < 1.29 is 14.3 Å². The molecule has 1 saturated heterocycles. The number of pyridine rings is 1. The molecule has 1 aromatic heterocycles. The number of aromatic nitrogens is 1. The molecule has 1 aliphatic heterocycles. The van der Waals surface area contributed by atoms with Gasteiger partial charge in [-0.05, 0) is 49.4 Å². The Kier molecular flexibility index (Phi) is 7.28. The number of carbonyl (C=O) groups is 2. The quantitative estimate of drug-likeness (QED) is 0.543. The lowest BCUT2D eigenvalue weighted by molar-refractivity contribution is -0.147. The molecule has 4 rings (SSSR count). The van der Waals surface area contributed by atoms with Crippen molar-refractivity contribution in [1.82, 2.24) is 9.88 Å². The van der Waals surface area contributed by atoms with Crippen LogP contribution in [0.15, 0.2) is 41.4 Å². The van der Waals surface area contributed by atoms with Gasteiger partial charge in [-0.3, -0.25) is 4.79 Å². The van der Waals surface area contributed by atoms with E-state index in [2.05, 4.69) is 16.4 Å². The molecule has 1 N–H and O–H groups in total. The number of urea groups is 1. The summed E-state index contributed by atoms with van der Waals surface area (Å²) in [5.74, 6) is -0.194. The molecule has 2 aromatic rings. The van der Waals surface area contributed by atoms with Crippen molar-refractivity contribution in [2.24, 2.45) is 0 Å². The fraction of sp³-hybridized carbons (Fsp3) is 0.417. The Morgan fingerprint density at radius 3 is 2.69 bits per heavy atom. The predicted molar refractivity (Wildman–Crippen MR) is 122 cm³/mol. The number of hydrogen-bond donors (Lipinski definition) is 1. The molecule has 0 unspecified atom stereocenters. The molecule has 2 aliphatic rings. The van der Waals surface area contributed by atoms with Gasteiger partial charge >= 0.3 is 12.0 Å². The predicted octanol–water partition coefficient (Wildman–Crippen LogP) is 4.16. The summed E-state index contributed by atoms with van der Waals surface area (Å²) in [7, 11) is 0. The molecule has 8 heteroatoms. The second-order valence-corrected chi connectivity index (χ2v) is 8.99. The maximum atomic E-state index is 12.4. The Morgan fingerprint density at radius 1 is 1.19 bits per heavy atom. The van der Waals surface area contributed by atoms with E-state index in [1.165, 1.54) is 11.8 Å². The third-order valence-electron chi connectivity index (χ3n) is 5.77. The number of hydrogen-bond acceptors (Lipinski definition) is 6. The van der Waals surface area contributed by atoms with E-state index in [1.54, 1.807) is 4.90 Å². The van der Waals surface area contributed by atoms with Gasteiger partial charge in [0.1, 0.15) is 17.2 Å². The van der Waals surface area contributed by atoms with E-state index >= 15 is 0 Å². The van der Waals surface area contributed by atoms with Crippen LogP contribution in [0.5, 0.6) is 0 Å². The van der Waals surface area contributed by atoms with E-state index in [4.69, 9.17) is 4.74 Å². The molecule has 1 aromatic carbocycles. The van der Waals surface area contributed by atoms with Gasteiger partial charge in [0.15, 0.2) is 0 Å². The van der Waals surface area contributed by atoms with Crippen LogP contribution in [0.3, 0.4) is 0 Å². The number of esters is 1. The van der Waals surface area contributed by atoms with E-state index in [1.807, 2.05) is 36.4 Å². The number of aryl methyl sites for hydroxylation is 2. The first kappa shape index (κ1) is 22.2. The van der Waals surface area contributed by atoms with E-state index in [9.17, 15) is 14.9 Å². The van der Waals surface area contributed by atoms with Crippen molar-refractivity contribution in [3.05, 3.63) is 53.2 Å². The SMILES string of the molecule is N#Cc1cc2c(nc1SCC(=O)OC1CCN(C(=O)Nc3ccccc3)CC1)CCCC2. The van der Waals surface area contributed by atoms with Crippen LogP contribution in [0.2, 0.25) is 0 Å². The van der Waals surface area contributed by atoms with Crippen molar-refractivity contribution in [3.63, 3.8) is 0 Å². The highest BCUT2D eigenvalue weighted by molar-refractivity contribution is 7.99. The van der Waals surface area contributed by atoms with Crippen molar-refractivity contribution in [3.8, 4) is 6.07 Å². The van der Waals surface area contributed by atoms with Crippen LogP contribution in [0.25, 0.3) is 0 Å². The molecule has 0 bridgehead atoms. The second-order valence-electron chi connectivity index (χ2n) is 8.03. The summed E-state index contributed by atoms with van der Waals surface area (Å²) >= 11 is 1.27. The second kappa shape index (κ2) is 10.5. The Hall–Kier alpha value is -3.05. The van der Waals surface area contributed by atoms with Crippen LogP contribution in [-0.4, -0.2) is 46.8 Å². The number of anilines is 1. The number of carbonyl (C=O) groups excluding carboxylic acids is 2. The van der Waals surface area contributed by atoms with E-state index in [0.717, 1.165) is 42.6 Å². The number of para-hydroxylation sites is 1. The summed E-state index contributed by atoms with van der Waals surface area (Å²) in [5.41, 5.74) is 3.49. The van der Waals surface area contributed by atoms with Crippen LogP contribution < -0.4 is 5.32 Å². The number of rotatable bonds is 5. The van der Waals surface area contributed by atoms with Crippen molar-refractivity contribution >= 4 is 29.4 Å². The van der Waals surface area contributed by atoms with Crippen LogP contribution in [0, 0.1) is 11.3 Å². The molecule has 0 radical (unpaired) electrons. The summed E-state index contributed by atoms with van der Waals surface area (Å²) in [6.07, 6.45) is 5.15. The first-order valence-corrected chi connectivity index (χ1v) is 12.0. The van der Waals surface area contributed by atoms with E-state index in [0.29, 0.717) is 36.5 Å². The number of fused-ring (bicyclic) bond motifs is 1. The first-order valence-electron chi connectivity index (χ1n) is 11.0. The van der Waals surface area contributed by atoms with Gasteiger partial charge in [-0.15, -0.1) is 0 Å². The highest BCUT2D eigenvalue weighted by atomic mass is 32.2. The number of piperidine rings is 1. The van der Waals surface area contributed by atoms with E-state index in [-0.39, 0.29) is 23.9 Å². The molecular weight excluding hydrogens is 424 g/mol. The number of amides is 2. The Labute approximate surface area is 192 Å². The standard InChI is InChI=1S/C24H26N4O3S/c25-15-18-14-17-6-4-5-9-21(17)27-23(18)32-16-22(29)31-20-10-12-28(13-11-20)24(30)26-19-7-2-1-3-8-19/h1-3,7-8,14,20H,4-6,9-13,16H2,(H,26,30). The molecule has 1 fully saturated rings. The van der Waals surface area contributed by atoms with Crippen LogP contribution in [-0.2, 0) is 22.4 Å². The average Bonchev–Trinajstić information content (AvgIpc) is 2.83. The number of nitrogens with one attached hydrogen (secondary N) is 1. The molecule has 2 amide bonds. The topological polar surface area (TPSA) is 95.3 Å². The maximum Gasteiger partial charge on any atom is 0.321 e. The number of ether oxygens (including phenoxy) is 1. The van der Waals surface area contributed by atoms with Crippen LogP contribution >= 0.6 is 11.8 Å². The number of benzene rings is 1. The number of nitrogens with zero attached hydrogens (tertiary/aromatic N) is 3. The molecule has 0 atom stereocenters. The Morgan fingerprint density at radius 2 is 1.94 bits per heavy atom. The summed E-state index contributed by atoms with van der Waals surface area (Å²) < 4.78 is 5.62. The summed E-state index contributed by atoms with van der Waals surface area (Å²) in [6.45, 7) is 1.07. The monoisotopic (exact) mass is 450 g/mol. The maximum absolute atomic E-state index is 12.4. The third-order valence-corrected chi connectivity index (χ3v) is 6.73. The summed E-state index contributed by atoms with van der Waals surface area (Å²) in [6, 6.07) is 13.3. The van der Waals surface area contributed by atoms with Gasteiger partial charge in [0.2, 0.25) is 0 Å². The summed E-state index contributed by atoms with van der Waals surface area (Å²) in [5, 5.41) is 12.9. The first-order chi connectivity index (χ1) is 15.6. The molecule has 32 heavy (non-hydrogen) atoms. The fourth-order valence-electron chi connectivity index (χ4n) is 4.05. The minimum atomic E-state index is -0.314. The van der Waals surface area contributed by atoms with Crippen molar-refractivity contribution in [2.75, 3.05) is 24.2 Å². The lowest BCUT2D eigenvalue weighted by atomic mass is 9.95. The van der Waals surface area contributed by atoms with Gasteiger partial charge in [0, 0.05) is 37.3 Å². The van der Waals surface area contributed by atoms with Gasteiger partial charge in [-0.2, -0.15) is 5.26 Å². The minimum Gasteiger partial charge on any atom is -0.462 e. The average molecular weight is 451 g/mol. The lowest BCUT2D eigenvalue weighted by Crippen LogP contribution is -2.43. The van der Waals surface area contributed by atoms with E-state index < -0.39 is 0 Å². The molecule has 1 aliphatic carbocycles. The highest BCUT2D eigenvalue weighted by Crippen LogP contribution is 2.27. The van der Waals surface area contributed by atoms with Gasteiger partial charge in [-0.25, -0.2) is 9.78 Å². The molecule has 7 nitrogen and oxygen atoms in total. The van der Waals surface area contributed by atoms with Crippen molar-refractivity contribution in [1.29, 1.82) is 5.26 Å². The molecule has 2 heterocycles. The number of nitriles is 1. The highest BCUT2D eigenvalue weighted by Gasteiger charge is 2.25. The number of thioether (sulfide) groups is 1. The van der Waals surface area contributed by atoms with Crippen LogP contribution in [0.4, 0.5) is 10.5 Å². The normalized spacial score (nSPS) is 16.0. The lowest BCUT2D eigenvalue weighted by Gasteiger charge is -2.31. The molecule has 166 valence electrons. The Balaban J connectivity index is 1.23. The largest absolute Gasteiger partial charge is 0.462 e. The third kappa shape index (κ3) is 5.60. The minimum absolute atomic E-state index is 0.120. The fourth-order valence-corrected chi connectivity index (χ4v) is 4.81. The number of likely N-dealkylation sites (tertiary alicyclic amines) is 1. The zero-order chi connectivity index (χ0) is 22.3. The smallest absolute Gasteiger partial charge is 0.321 e. The summed E-state index contributed by atoms with van der Waals surface area (Å²) in [4.78, 5) is 31.2. The van der Waals surface area contributed by atoms with Gasteiger partial charge < -0.3 is 15.0 Å². The van der Waals surface area contributed by atoms with Gasteiger partial charge in [-0.1, -0.05) is 30.0 Å². The molecular formula is C24H26N4O3S. The molecule has 0 spiro atoms. The van der Waals surface area contributed by atoms with Gasteiger partial charge in [0.05, 0.1) is 11.3 Å². The zero-order valence-electron chi connectivity index (χ0n) is 17.9. The van der Waals surface area contributed by atoms with Crippen LogP contribution in [0.1, 0.15) is 42.5 Å². The molecule has 0 saturated carbocycles. The van der Waals surface area contributed by atoms with Crippen molar-refractivity contribution in [2.45, 2.75) is 49.7 Å².